The van der Waals surface area contributed by atoms with E-state index in [0.717, 1.165) is 12.2 Å². The Morgan fingerprint density at radius 3 is 1.45 bits per heavy atom. The SMILES string of the molecule is CCCCCCCCCCCCCCCCCCN(C)c1ccc([N+](=O)[O-])cc1. The Labute approximate surface area is 179 Å². The molecule has 1 rings (SSSR count). The third kappa shape index (κ3) is 13.3. The number of anilines is 1. The van der Waals surface area contributed by atoms with Gasteiger partial charge in [-0.05, 0) is 18.6 Å². The van der Waals surface area contributed by atoms with Crippen molar-refractivity contribution in [2.75, 3.05) is 18.5 Å². The van der Waals surface area contributed by atoms with Crippen LogP contribution in [0.1, 0.15) is 110 Å². The molecule has 1 aromatic carbocycles. The van der Waals surface area contributed by atoms with E-state index in [0.29, 0.717) is 0 Å². The summed E-state index contributed by atoms with van der Waals surface area (Å²) < 4.78 is 0. The van der Waals surface area contributed by atoms with Crippen molar-refractivity contribution in [3.8, 4) is 0 Å². The lowest BCUT2D eigenvalue weighted by molar-refractivity contribution is -0.384. The molecule has 0 aromatic heterocycles. The first-order valence-electron chi connectivity index (χ1n) is 12.1. The van der Waals surface area contributed by atoms with Crippen molar-refractivity contribution < 1.29 is 4.92 Å². The summed E-state index contributed by atoms with van der Waals surface area (Å²) in [6, 6.07) is 6.84. The van der Waals surface area contributed by atoms with E-state index >= 15 is 0 Å². The number of nitrogens with zero attached hydrogens (tertiary/aromatic N) is 2. The Morgan fingerprint density at radius 2 is 1.07 bits per heavy atom. The van der Waals surface area contributed by atoms with Crippen LogP contribution in [-0.4, -0.2) is 18.5 Å². The zero-order valence-corrected chi connectivity index (χ0v) is 19.0. The molecule has 0 saturated carbocycles. The molecule has 0 aliphatic carbocycles. The molecular weight excluding hydrogens is 360 g/mol. The molecule has 0 heterocycles. The van der Waals surface area contributed by atoms with Crippen molar-refractivity contribution in [3.05, 3.63) is 34.4 Å². The fraction of sp³-hybridized carbons (Fsp3) is 0.760. The minimum atomic E-state index is -0.348. The molecule has 0 bridgehead atoms. The summed E-state index contributed by atoms with van der Waals surface area (Å²) in [7, 11) is 2.06. The molecule has 4 nitrogen and oxygen atoms in total. The normalized spacial score (nSPS) is 11.0. The van der Waals surface area contributed by atoms with Crippen LogP contribution in [0.2, 0.25) is 0 Å². The number of non-ortho nitro benzene ring substituents is 1. The van der Waals surface area contributed by atoms with Gasteiger partial charge in [-0.2, -0.15) is 0 Å². The fourth-order valence-electron chi connectivity index (χ4n) is 3.85. The fourth-order valence-corrected chi connectivity index (χ4v) is 3.85. The van der Waals surface area contributed by atoms with Crippen molar-refractivity contribution >= 4 is 11.4 Å². The van der Waals surface area contributed by atoms with Gasteiger partial charge in [0.05, 0.1) is 4.92 Å². The van der Waals surface area contributed by atoms with Crippen LogP contribution in [0.5, 0.6) is 0 Å². The maximum absolute atomic E-state index is 10.7. The highest BCUT2D eigenvalue weighted by molar-refractivity contribution is 5.50. The van der Waals surface area contributed by atoms with E-state index in [2.05, 4.69) is 18.9 Å². The predicted octanol–water partition coefficient (Wildman–Crippen LogP) is 8.29. The third-order valence-corrected chi connectivity index (χ3v) is 5.85. The number of hydrogen-bond acceptors (Lipinski definition) is 3. The summed E-state index contributed by atoms with van der Waals surface area (Å²) in [4.78, 5) is 12.6. The predicted molar refractivity (Wildman–Crippen MR) is 126 cm³/mol. The van der Waals surface area contributed by atoms with E-state index in [9.17, 15) is 10.1 Å². The molecule has 0 unspecified atom stereocenters. The molecule has 0 atom stereocenters. The van der Waals surface area contributed by atoms with Gasteiger partial charge in [0, 0.05) is 31.4 Å². The second-order valence-electron chi connectivity index (χ2n) is 8.50. The Morgan fingerprint density at radius 1 is 0.690 bits per heavy atom. The van der Waals surface area contributed by atoms with E-state index in [4.69, 9.17) is 0 Å². The van der Waals surface area contributed by atoms with Crippen LogP contribution in [0.4, 0.5) is 11.4 Å². The van der Waals surface area contributed by atoms with Crippen LogP contribution in [0.25, 0.3) is 0 Å². The summed E-state index contributed by atoms with van der Waals surface area (Å²) in [6.07, 6.45) is 22.2. The van der Waals surface area contributed by atoms with Gasteiger partial charge in [0.15, 0.2) is 0 Å². The maximum Gasteiger partial charge on any atom is 0.269 e. The first-order chi connectivity index (χ1) is 14.1. The molecule has 29 heavy (non-hydrogen) atoms. The number of nitro benzene ring substituents is 1. The molecule has 0 N–H and O–H groups in total. The Bertz CT molecular complexity index is 516. The highest BCUT2D eigenvalue weighted by atomic mass is 16.6. The van der Waals surface area contributed by atoms with Crippen LogP contribution >= 0.6 is 0 Å². The van der Waals surface area contributed by atoms with Crippen LogP contribution in [0, 0.1) is 10.1 Å². The smallest absolute Gasteiger partial charge is 0.269 e. The number of unbranched alkanes of at least 4 members (excludes halogenated alkanes) is 15. The maximum atomic E-state index is 10.7. The van der Waals surface area contributed by atoms with Crippen molar-refractivity contribution in [1.29, 1.82) is 0 Å². The quantitative estimate of drug-likeness (QED) is 0.132. The molecule has 4 heteroatoms. The van der Waals surface area contributed by atoms with E-state index in [1.54, 1.807) is 12.1 Å². The average molecular weight is 405 g/mol. The van der Waals surface area contributed by atoms with E-state index in [1.165, 1.54) is 103 Å². The lowest BCUT2D eigenvalue weighted by Crippen LogP contribution is -2.18. The van der Waals surface area contributed by atoms with Crippen LogP contribution in [-0.2, 0) is 0 Å². The summed E-state index contributed by atoms with van der Waals surface area (Å²) >= 11 is 0. The van der Waals surface area contributed by atoms with E-state index in [1.807, 2.05) is 12.1 Å². The molecular formula is C25H44N2O2. The van der Waals surface area contributed by atoms with Gasteiger partial charge in [-0.1, -0.05) is 103 Å². The van der Waals surface area contributed by atoms with Crippen molar-refractivity contribution in [3.63, 3.8) is 0 Å². The first-order valence-corrected chi connectivity index (χ1v) is 12.1. The first kappa shape index (κ1) is 25.5. The highest BCUT2D eigenvalue weighted by Crippen LogP contribution is 2.19. The minimum absolute atomic E-state index is 0.157. The lowest BCUT2D eigenvalue weighted by atomic mass is 10.0. The van der Waals surface area contributed by atoms with Gasteiger partial charge in [0.1, 0.15) is 0 Å². The van der Waals surface area contributed by atoms with E-state index < -0.39 is 0 Å². The van der Waals surface area contributed by atoms with Crippen molar-refractivity contribution in [1.82, 2.24) is 0 Å². The molecule has 0 aliphatic rings. The summed E-state index contributed by atoms with van der Waals surface area (Å²) in [6.45, 7) is 3.29. The number of hydrogen-bond donors (Lipinski definition) is 0. The molecule has 0 fully saturated rings. The standard InChI is InChI=1S/C25H44N2O2/c1-3-4-5-6-7-8-9-10-11-12-13-14-15-16-17-18-23-26(2)24-19-21-25(22-20-24)27(28)29/h19-22H,3-18,23H2,1-2H3. The zero-order valence-electron chi connectivity index (χ0n) is 19.0. The molecule has 0 saturated heterocycles. The summed E-state index contributed by atoms with van der Waals surface area (Å²) in [5.41, 5.74) is 1.21. The van der Waals surface area contributed by atoms with Gasteiger partial charge in [-0.15, -0.1) is 0 Å². The Kier molecular flexibility index (Phi) is 15.2. The van der Waals surface area contributed by atoms with Crippen LogP contribution in [0.15, 0.2) is 24.3 Å². The van der Waals surface area contributed by atoms with Crippen LogP contribution in [0.3, 0.4) is 0 Å². The molecule has 0 aliphatic heterocycles. The minimum Gasteiger partial charge on any atom is -0.375 e. The van der Waals surface area contributed by atoms with Gasteiger partial charge in [-0.25, -0.2) is 0 Å². The van der Waals surface area contributed by atoms with Gasteiger partial charge < -0.3 is 4.90 Å². The Balaban J connectivity index is 1.87. The highest BCUT2D eigenvalue weighted by Gasteiger charge is 2.06. The van der Waals surface area contributed by atoms with Crippen molar-refractivity contribution in [2.24, 2.45) is 0 Å². The number of nitro groups is 1. The number of rotatable bonds is 19. The van der Waals surface area contributed by atoms with Gasteiger partial charge in [0.25, 0.3) is 5.69 Å². The monoisotopic (exact) mass is 404 g/mol. The number of benzene rings is 1. The second kappa shape index (κ2) is 17.3. The van der Waals surface area contributed by atoms with Gasteiger partial charge in [-0.3, -0.25) is 10.1 Å². The van der Waals surface area contributed by atoms with Crippen molar-refractivity contribution in [2.45, 2.75) is 110 Å². The van der Waals surface area contributed by atoms with Gasteiger partial charge in [0.2, 0.25) is 0 Å². The third-order valence-electron chi connectivity index (χ3n) is 5.85. The van der Waals surface area contributed by atoms with Gasteiger partial charge >= 0.3 is 0 Å². The Hall–Kier alpha value is -1.58. The molecule has 166 valence electrons. The summed E-state index contributed by atoms with van der Waals surface area (Å²) in [5, 5.41) is 10.7. The molecule has 0 radical (unpaired) electrons. The average Bonchev–Trinajstić information content (AvgIpc) is 2.73. The topological polar surface area (TPSA) is 46.4 Å². The largest absolute Gasteiger partial charge is 0.375 e. The zero-order chi connectivity index (χ0) is 21.2. The van der Waals surface area contributed by atoms with E-state index in [-0.39, 0.29) is 10.6 Å². The molecule has 1 aromatic rings. The lowest BCUT2D eigenvalue weighted by Gasteiger charge is -2.19. The molecule has 0 spiro atoms. The summed E-state index contributed by atoms with van der Waals surface area (Å²) in [5.74, 6) is 0. The van der Waals surface area contributed by atoms with Crippen LogP contribution < -0.4 is 4.90 Å². The second-order valence-corrected chi connectivity index (χ2v) is 8.50. The molecule has 0 amide bonds.